The molecule has 128 valence electrons. The topological polar surface area (TPSA) is 51.3 Å². The van der Waals surface area contributed by atoms with E-state index in [2.05, 4.69) is 59.9 Å². The van der Waals surface area contributed by atoms with Crippen LogP contribution >= 0.6 is 0 Å². The summed E-state index contributed by atoms with van der Waals surface area (Å²) in [5.41, 5.74) is 11.2. The van der Waals surface area contributed by atoms with Gasteiger partial charge in [0.1, 0.15) is 5.82 Å². The number of nitrogens with two attached hydrogens (primary N) is 1. The number of aromatic nitrogens is 1. The Morgan fingerprint density at radius 2 is 1.62 bits per heavy atom. The second kappa shape index (κ2) is 6.31. The zero-order valence-corrected chi connectivity index (χ0v) is 15.1. The van der Waals surface area contributed by atoms with Gasteiger partial charge in [0, 0.05) is 28.8 Å². The molecule has 0 bridgehead atoms. The van der Waals surface area contributed by atoms with Gasteiger partial charge < -0.3 is 5.73 Å². The Labute approximate surface area is 154 Å². The molecule has 4 rings (SSSR count). The fraction of sp³-hybridized carbons (Fsp3) is 0.217. The van der Waals surface area contributed by atoms with Crippen LogP contribution in [-0.4, -0.2) is 17.2 Å². The predicted octanol–water partition coefficient (Wildman–Crippen LogP) is 4.44. The van der Waals surface area contributed by atoms with Gasteiger partial charge in [-0.1, -0.05) is 43.9 Å². The first-order valence-electron chi connectivity index (χ1n) is 8.81. The maximum atomic E-state index is 5.76. The third kappa shape index (κ3) is 3.45. The van der Waals surface area contributed by atoms with Crippen molar-refractivity contribution in [2.75, 3.05) is 12.3 Å². The van der Waals surface area contributed by atoms with Crippen LogP contribution in [0, 0.1) is 17.3 Å². The maximum Gasteiger partial charge on any atom is 0.124 e. The number of nitrogens with zero attached hydrogens (tertiary/aromatic N) is 2. The number of hydrogen-bond donors (Lipinski definition) is 1. The van der Waals surface area contributed by atoms with Crippen molar-refractivity contribution in [2.45, 2.75) is 20.3 Å². The first-order valence-corrected chi connectivity index (χ1v) is 8.81. The van der Waals surface area contributed by atoms with Gasteiger partial charge in [0.05, 0.1) is 5.52 Å². The number of fused-ring (bicyclic) bond motifs is 1. The van der Waals surface area contributed by atoms with E-state index < -0.39 is 0 Å². The maximum absolute atomic E-state index is 5.76. The minimum absolute atomic E-state index is 0.279. The van der Waals surface area contributed by atoms with Gasteiger partial charge in [0.2, 0.25) is 0 Å². The van der Waals surface area contributed by atoms with E-state index in [1.54, 1.807) is 0 Å². The zero-order valence-electron chi connectivity index (χ0n) is 15.1. The van der Waals surface area contributed by atoms with Crippen molar-refractivity contribution in [3.05, 3.63) is 71.3 Å². The molecule has 0 amide bonds. The van der Waals surface area contributed by atoms with Gasteiger partial charge in [-0.25, -0.2) is 4.98 Å². The molecule has 1 aliphatic rings. The van der Waals surface area contributed by atoms with Crippen molar-refractivity contribution in [1.82, 2.24) is 4.98 Å². The average Bonchev–Trinajstić information content (AvgIpc) is 3.00. The summed E-state index contributed by atoms with van der Waals surface area (Å²) in [7, 11) is 0. The molecule has 0 atom stereocenters. The van der Waals surface area contributed by atoms with Gasteiger partial charge in [0.15, 0.2) is 0 Å². The SMILES string of the molecule is CC1(C)CN=C(c2ccc(C#Cc3ccc4ccc(N)nc4c3)cc2)C1. The number of pyridine rings is 1. The third-order valence-corrected chi connectivity index (χ3v) is 4.63. The summed E-state index contributed by atoms with van der Waals surface area (Å²) in [6, 6.07) is 18.2. The van der Waals surface area contributed by atoms with E-state index in [0.29, 0.717) is 5.82 Å². The Bertz CT molecular complexity index is 1060. The average molecular weight is 339 g/mol. The highest BCUT2D eigenvalue weighted by molar-refractivity contribution is 6.02. The Balaban J connectivity index is 1.55. The summed E-state index contributed by atoms with van der Waals surface area (Å²) >= 11 is 0. The smallest absolute Gasteiger partial charge is 0.124 e. The molecule has 3 heteroatoms. The highest BCUT2D eigenvalue weighted by Crippen LogP contribution is 2.29. The molecule has 1 aliphatic heterocycles. The van der Waals surface area contributed by atoms with Gasteiger partial charge in [0.25, 0.3) is 0 Å². The molecule has 0 fully saturated rings. The summed E-state index contributed by atoms with van der Waals surface area (Å²) in [5.74, 6) is 6.96. The molecule has 0 radical (unpaired) electrons. The molecule has 2 N–H and O–H groups in total. The molecule has 0 saturated heterocycles. The lowest BCUT2D eigenvalue weighted by Gasteiger charge is -2.14. The number of aliphatic imine (C=N–C) groups is 1. The lowest BCUT2D eigenvalue weighted by molar-refractivity contribution is 0.423. The molecule has 1 aromatic heterocycles. The quantitative estimate of drug-likeness (QED) is 0.667. The summed E-state index contributed by atoms with van der Waals surface area (Å²) in [6.07, 6.45) is 1.03. The number of anilines is 1. The molecule has 0 aliphatic carbocycles. The number of hydrogen-bond acceptors (Lipinski definition) is 3. The van der Waals surface area contributed by atoms with Gasteiger partial charge in [-0.15, -0.1) is 0 Å². The molecule has 26 heavy (non-hydrogen) atoms. The van der Waals surface area contributed by atoms with E-state index in [9.17, 15) is 0 Å². The second-order valence-corrected chi connectivity index (χ2v) is 7.57. The molecule has 0 spiro atoms. The molecule has 2 heterocycles. The highest BCUT2D eigenvalue weighted by atomic mass is 14.8. The van der Waals surface area contributed by atoms with Crippen LogP contribution in [-0.2, 0) is 0 Å². The standard InChI is InChI=1S/C23H21N3/c1-23(2)14-21(25-15-23)19-8-5-16(6-9-19)3-4-17-7-10-18-11-12-22(24)26-20(18)13-17/h5-13H,14-15H2,1-2H3,(H2,24,26). The summed E-state index contributed by atoms with van der Waals surface area (Å²) < 4.78 is 0. The van der Waals surface area contributed by atoms with Crippen molar-refractivity contribution in [1.29, 1.82) is 0 Å². The summed E-state index contributed by atoms with van der Waals surface area (Å²) in [4.78, 5) is 9.04. The van der Waals surface area contributed by atoms with E-state index in [-0.39, 0.29) is 5.41 Å². The fourth-order valence-electron chi connectivity index (χ4n) is 3.17. The van der Waals surface area contributed by atoms with E-state index in [1.807, 2.05) is 30.3 Å². The minimum atomic E-state index is 0.279. The Kier molecular flexibility index (Phi) is 3.97. The number of rotatable bonds is 1. The van der Waals surface area contributed by atoms with Crippen LogP contribution in [0.15, 0.2) is 59.6 Å². The van der Waals surface area contributed by atoms with E-state index in [1.165, 1.54) is 11.3 Å². The molecule has 2 aromatic carbocycles. The van der Waals surface area contributed by atoms with Crippen molar-refractivity contribution < 1.29 is 0 Å². The lowest BCUT2D eigenvalue weighted by atomic mass is 9.88. The molecular formula is C23H21N3. The number of nitrogen functional groups attached to an aromatic ring is 1. The Hall–Kier alpha value is -3.12. The molecular weight excluding hydrogens is 318 g/mol. The Morgan fingerprint density at radius 1 is 0.923 bits per heavy atom. The van der Waals surface area contributed by atoms with Crippen LogP contribution in [0.5, 0.6) is 0 Å². The first-order chi connectivity index (χ1) is 12.5. The molecule has 0 saturated carbocycles. The fourth-order valence-corrected chi connectivity index (χ4v) is 3.17. The third-order valence-electron chi connectivity index (χ3n) is 4.63. The van der Waals surface area contributed by atoms with E-state index in [0.717, 1.165) is 35.0 Å². The largest absolute Gasteiger partial charge is 0.384 e. The van der Waals surface area contributed by atoms with Gasteiger partial charge >= 0.3 is 0 Å². The zero-order chi connectivity index (χ0) is 18.1. The van der Waals surface area contributed by atoms with Gasteiger partial charge in [-0.05, 0) is 53.8 Å². The highest BCUT2D eigenvalue weighted by Gasteiger charge is 2.26. The van der Waals surface area contributed by atoms with Crippen LogP contribution in [0.2, 0.25) is 0 Å². The van der Waals surface area contributed by atoms with Crippen molar-refractivity contribution in [3.63, 3.8) is 0 Å². The van der Waals surface area contributed by atoms with Crippen molar-refractivity contribution >= 4 is 22.4 Å². The predicted molar refractivity (Wildman–Crippen MR) is 108 cm³/mol. The minimum Gasteiger partial charge on any atom is -0.384 e. The van der Waals surface area contributed by atoms with Crippen molar-refractivity contribution in [3.8, 4) is 11.8 Å². The van der Waals surface area contributed by atoms with Crippen LogP contribution in [0.1, 0.15) is 37.0 Å². The molecule has 3 aromatic rings. The van der Waals surface area contributed by atoms with Crippen LogP contribution in [0.4, 0.5) is 5.82 Å². The van der Waals surface area contributed by atoms with Gasteiger partial charge in [-0.2, -0.15) is 0 Å². The lowest BCUT2D eigenvalue weighted by Crippen LogP contribution is -2.12. The monoisotopic (exact) mass is 339 g/mol. The molecule has 3 nitrogen and oxygen atoms in total. The molecule has 0 unspecified atom stereocenters. The van der Waals surface area contributed by atoms with E-state index >= 15 is 0 Å². The van der Waals surface area contributed by atoms with Crippen LogP contribution in [0.25, 0.3) is 10.9 Å². The first kappa shape index (κ1) is 16.4. The number of benzene rings is 2. The van der Waals surface area contributed by atoms with E-state index in [4.69, 9.17) is 5.73 Å². The summed E-state index contributed by atoms with van der Waals surface area (Å²) in [6.45, 7) is 5.43. The van der Waals surface area contributed by atoms with Crippen LogP contribution < -0.4 is 5.73 Å². The van der Waals surface area contributed by atoms with Crippen molar-refractivity contribution in [2.24, 2.45) is 10.4 Å². The normalized spacial score (nSPS) is 15.4. The second-order valence-electron chi connectivity index (χ2n) is 7.57. The van der Waals surface area contributed by atoms with Gasteiger partial charge in [-0.3, -0.25) is 4.99 Å². The van der Waals surface area contributed by atoms with Crippen LogP contribution in [0.3, 0.4) is 0 Å². The summed E-state index contributed by atoms with van der Waals surface area (Å²) in [5, 5.41) is 1.06. The Morgan fingerprint density at radius 3 is 2.35 bits per heavy atom.